The number of methoxy groups -OCH3 is 1. The first-order valence-corrected chi connectivity index (χ1v) is 11.4. The van der Waals surface area contributed by atoms with Crippen molar-refractivity contribution in [3.63, 3.8) is 0 Å². The minimum absolute atomic E-state index is 0.0279. The molecule has 6 atom stereocenters. The molecule has 2 aliphatic heterocycles. The van der Waals surface area contributed by atoms with E-state index in [0.717, 1.165) is 30.9 Å². The van der Waals surface area contributed by atoms with Crippen molar-refractivity contribution >= 4 is 0 Å². The molecule has 8 rings (SSSR count). The van der Waals surface area contributed by atoms with E-state index in [4.69, 9.17) is 9.47 Å². The lowest BCUT2D eigenvalue weighted by Crippen LogP contribution is -2.80. The van der Waals surface area contributed by atoms with Crippen molar-refractivity contribution in [1.29, 1.82) is 0 Å². The number of rotatable bonds is 3. The van der Waals surface area contributed by atoms with Crippen LogP contribution in [0.3, 0.4) is 0 Å². The lowest BCUT2D eigenvalue weighted by molar-refractivity contribution is -0.274. The smallest absolute Gasteiger partial charge is 0.165 e. The second-order valence-corrected chi connectivity index (χ2v) is 10.7. The Balaban J connectivity index is 1.49. The fourth-order valence-electron chi connectivity index (χ4n) is 8.77. The first-order valence-electron chi connectivity index (χ1n) is 11.4. The topological polar surface area (TPSA) is 41.9 Å². The lowest BCUT2D eigenvalue weighted by atomic mass is 9.35. The van der Waals surface area contributed by atoms with Crippen LogP contribution in [0.25, 0.3) is 0 Å². The van der Waals surface area contributed by atoms with Gasteiger partial charge in [-0.2, -0.15) is 0 Å². The zero-order valence-corrected chi connectivity index (χ0v) is 17.0. The van der Waals surface area contributed by atoms with Crippen molar-refractivity contribution in [1.82, 2.24) is 4.90 Å². The van der Waals surface area contributed by atoms with Gasteiger partial charge in [0.1, 0.15) is 11.7 Å². The molecule has 4 nitrogen and oxygen atoms in total. The van der Waals surface area contributed by atoms with Crippen LogP contribution in [0.1, 0.15) is 56.6 Å². The largest absolute Gasteiger partial charge is 0.504 e. The van der Waals surface area contributed by atoms with Crippen molar-refractivity contribution < 1.29 is 14.6 Å². The van der Waals surface area contributed by atoms with Gasteiger partial charge in [-0.1, -0.05) is 13.0 Å². The Hall–Kier alpha value is -1.26. The highest BCUT2D eigenvalue weighted by Gasteiger charge is 2.80. The molecule has 2 heterocycles. The Morgan fingerprint density at radius 3 is 2.86 bits per heavy atom. The quantitative estimate of drug-likeness (QED) is 0.868. The average Bonchev–Trinajstić information content (AvgIpc) is 3.43. The number of hydrogen-bond donors (Lipinski definition) is 1. The van der Waals surface area contributed by atoms with E-state index in [1.807, 2.05) is 13.2 Å². The van der Waals surface area contributed by atoms with Crippen molar-refractivity contribution in [3.05, 3.63) is 23.3 Å². The summed E-state index contributed by atoms with van der Waals surface area (Å²) in [6.07, 6.45) is 8.75. The number of benzene rings is 1. The van der Waals surface area contributed by atoms with Gasteiger partial charge in [-0.15, -0.1) is 0 Å². The summed E-state index contributed by atoms with van der Waals surface area (Å²) in [6, 6.07) is 4.67. The zero-order valence-electron chi connectivity index (χ0n) is 17.0. The Kier molecular flexibility index (Phi) is 2.89. The first kappa shape index (κ1) is 16.5. The molecule has 1 saturated heterocycles. The zero-order chi connectivity index (χ0) is 18.9. The highest BCUT2D eigenvalue weighted by atomic mass is 16.6. The molecule has 4 bridgehead atoms. The normalized spacial score (nSPS) is 47.7. The van der Waals surface area contributed by atoms with Crippen LogP contribution in [-0.4, -0.2) is 48.0 Å². The lowest BCUT2D eigenvalue weighted by Gasteiger charge is -2.73. The summed E-state index contributed by atoms with van der Waals surface area (Å²) in [5.74, 6) is 2.54. The van der Waals surface area contributed by atoms with Gasteiger partial charge in [0.2, 0.25) is 0 Å². The molecule has 0 radical (unpaired) electrons. The maximum atomic E-state index is 10.7. The van der Waals surface area contributed by atoms with E-state index >= 15 is 0 Å². The monoisotopic (exact) mass is 381 g/mol. The Labute approximate surface area is 167 Å². The van der Waals surface area contributed by atoms with E-state index < -0.39 is 0 Å². The first-order chi connectivity index (χ1) is 13.6. The molecule has 1 aromatic rings. The van der Waals surface area contributed by atoms with Gasteiger partial charge in [0.15, 0.2) is 11.5 Å². The molecule has 0 amide bonds. The second kappa shape index (κ2) is 4.89. The number of hydrogen-bond acceptors (Lipinski definition) is 4. The van der Waals surface area contributed by atoms with Crippen molar-refractivity contribution in [2.75, 3.05) is 20.2 Å². The number of piperidine rings is 1. The Bertz CT molecular complexity index is 881. The van der Waals surface area contributed by atoms with Crippen LogP contribution in [0.2, 0.25) is 0 Å². The highest BCUT2D eigenvalue weighted by Crippen LogP contribution is 2.76. The van der Waals surface area contributed by atoms with Crippen LogP contribution in [-0.2, 0) is 16.6 Å². The molecule has 5 aliphatic carbocycles. The fourth-order valence-corrected chi connectivity index (χ4v) is 8.77. The third kappa shape index (κ3) is 1.55. The van der Waals surface area contributed by atoms with Crippen molar-refractivity contribution in [2.45, 2.75) is 75.0 Å². The van der Waals surface area contributed by atoms with E-state index in [1.54, 1.807) is 0 Å². The molecule has 4 heteroatoms. The molecule has 0 aromatic heterocycles. The van der Waals surface area contributed by atoms with E-state index in [2.05, 4.69) is 17.9 Å². The molecule has 1 aromatic carbocycles. The van der Waals surface area contributed by atoms with Gasteiger partial charge in [-0.3, -0.25) is 4.90 Å². The standard InChI is InChI=1S/C24H31NO3/c1-14-12-22-7-8-24(14,27-2)21-23(22)9-10-25(13-15-3-4-15)18(22)11-16-5-6-17(26)20(28-21)19(16)23/h5-6,14-15,18,21,26H,3-4,7-13H2,1-2H3/t14-,18-,21-,22?,23+,24-/m1/s1. The molecule has 7 aliphatic rings. The van der Waals surface area contributed by atoms with Crippen LogP contribution < -0.4 is 4.74 Å². The van der Waals surface area contributed by atoms with Crippen molar-refractivity contribution in [2.24, 2.45) is 17.3 Å². The Morgan fingerprint density at radius 2 is 2.11 bits per heavy atom. The van der Waals surface area contributed by atoms with Crippen LogP contribution in [0.15, 0.2) is 12.1 Å². The minimum Gasteiger partial charge on any atom is -0.504 e. The predicted molar refractivity (Wildman–Crippen MR) is 106 cm³/mol. The molecule has 1 unspecified atom stereocenters. The molecule has 28 heavy (non-hydrogen) atoms. The second-order valence-electron chi connectivity index (χ2n) is 10.7. The number of likely N-dealkylation sites (tertiary alicyclic amines) is 1. The van der Waals surface area contributed by atoms with E-state index in [-0.39, 0.29) is 22.5 Å². The molecule has 2 spiro atoms. The summed E-state index contributed by atoms with van der Waals surface area (Å²) >= 11 is 0. The third-order valence-corrected chi connectivity index (χ3v) is 10.0. The van der Waals surface area contributed by atoms with Crippen LogP contribution in [0, 0.1) is 17.3 Å². The van der Waals surface area contributed by atoms with E-state index in [9.17, 15) is 5.11 Å². The molecular formula is C24H31NO3. The maximum absolute atomic E-state index is 10.7. The van der Waals surface area contributed by atoms with Crippen LogP contribution >= 0.6 is 0 Å². The number of fused-ring (bicyclic) bond motifs is 2. The van der Waals surface area contributed by atoms with Crippen LogP contribution in [0.5, 0.6) is 11.5 Å². The van der Waals surface area contributed by atoms with Crippen molar-refractivity contribution in [3.8, 4) is 11.5 Å². The molecular weight excluding hydrogens is 350 g/mol. The molecule has 5 fully saturated rings. The summed E-state index contributed by atoms with van der Waals surface area (Å²) in [7, 11) is 1.89. The minimum atomic E-state index is -0.217. The fraction of sp³-hybridized carbons (Fsp3) is 0.750. The summed E-state index contributed by atoms with van der Waals surface area (Å²) in [5.41, 5.74) is 2.88. The summed E-state index contributed by atoms with van der Waals surface area (Å²) in [4.78, 5) is 2.87. The number of aromatic hydroxyl groups is 1. The SMILES string of the molecule is CO[C@]12CCC3(C[C@H]1C)[C@H]1Cc4ccc(O)c5c4[C@@]3(CCN1CC1CC1)[C@H]2O5. The van der Waals surface area contributed by atoms with E-state index in [0.29, 0.717) is 17.7 Å². The maximum Gasteiger partial charge on any atom is 0.165 e. The predicted octanol–water partition coefficient (Wildman–Crippen LogP) is 3.64. The highest BCUT2D eigenvalue weighted by molar-refractivity contribution is 5.63. The van der Waals surface area contributed by atoms with Gasteiger partial charge in [-0.05, 0) is 75.0 Å². The Morgan fingerprint density at radius 1 is 1.25 bits per heavy atom. The summed E-state index contributed by atoms with van der Waals surface area (Å²) < 4.78 is 13.1. The molecule has 4 saturated carbocycles. The number of nitrogens with zero attached hydrogens (tertiary/aromatic N) is 1. The third-order valence-electron chi connectivity index (χ3n) is 10.0. The van der Waals surface area contributed by atoms with Gasteiger partial charge < -0.3 is 14.6 Å². The van der Waals surface area contributed by atoms with Crippen LogP contribution in [0.4, 0.5) is 0 Å². The summed E-state index contributed by atoms with van der Waals surface area (Å²) in [6.45, 7) is 4.85. The molecule has 150 valence electrons. The van der Waals surface area contributed by atoms with Gasteiger partial charge >= 0.3 is 0 Å². The number of phenols is 1. The van der Waals surface area contributed by atoms with E-state index in [1.165, 1.54) is 49.9 Å². The van der Waals surface area contributed by atoms with Gasteiger partial charge in [0.25, 0.3) is 0 Å². The molecule has 1 N–H and O–H groups in total. The summed E-state index contributed by atoms with van der Waals surface area (Å²) in [5, 5.41) is 10.7. The number of phenolic OH excluding ortho intramolecular Hbond substituents is 1. The number of ether oxygens (including phenoxy) is 2. The van der Waals surface area contributed by atoms with Gasteiger partial charge in [-0.25, -0.2) is 0 Å². The van der Waals surface area contributed by atoms with Gasteiger partial charge in [0.05, 0.1) is 0 Å². The average molecular weight is 382 g/mol. The van der Waals surface area contributed by atoms with Gasteiger partial charge in [0, 0.05) is 36.1 Å².